The molecule has 1 amide bonds. The Bertz CT molecular complexity index is 1060. The summed E-state index contributed by atoms with van der Waals surface area (Å²) in [7, 11) is 0. The van der Waals surface area contributed by atoms with Crippen molar-refractivity contribution in [3.63, 3.8) is 0 Å². The van der Waals surface area contributed by atoms with Crippen molar-refractivity contribution >= 4 is 11.9 Å². The zero-order chi connectivity index (χ0) is 26.4. The first-order valence-corrected chi connectivity index (χ1v) is 12.8. The molecule has 3 heterocycles. The lowest BCUT2D eigenvalue weighted by molar-refractivity contribution is -0.143. The van der Waals surface area contributed by atoms with E-state index in [1.807, 2.05) is 4.90 Å². The van der Waals surface area contributed by atoms with Crippen LogP contribution in [0.4, 0.5) is 0 Å². The number of benzene rings is 1. The van der Waals surface area contributed by atoms with Crippen LogP contribution in [0.2, 0.25) is 0 Å². The van der Waals surface area contributed by atoms with E-state index in [0.717, 1.165) is 18.4 Å². The van der Waals surface area contributed by atoms with Crippen molar-refractivity contribution in [1.82, 2.24) is 14.8 Å². The minimum absolute atomic E-state index is 0.0486. The maximum Gasteiger partial charge on any atom is 0.308 e. The van der Waals surface area contributed by atoms with Crippen LogP contribution in [-0.4, -0.2) is 82.4 Å². The predicted octanol–water partition coefficient (Wildman–Crippen LogP) is 1.58. The Balaban J connectivity index is 1.63. The maximum atomic E-state index is 13.3. The summed E-state index contributed by atoms with van der Waals surface area (Å²) >= 11 is 0. The third-order valence-electron chi connectivity index (χ3n) is 7.21. The van der Waals surface area contributed by atoms with E-state index in [4.69, 9.17) is 19.6 Å². The number of oxazole rings is 1. The number of carbonyl (C=O) groups is 2. The van der Waals surface area contributed by atoms with Gasteiger partial charge >= 0.3 is 5.97 Å². The fraction of sp³-hybridized carbons (Fsp3) is 0.577. The SMILES string of the molecule is CCCCN(CCN)C(=O)CN1C[C@H](c2cc(CO)c3c(c2)OCO3)[C@@H](C(=O)O)[C@@H]1CCc1ncco1. The molecule has 11 nitrogen and oxygen atoms in total. The number of ether oxygens (including phenoxy) is 2. The molecule has 1 aromatic heterocycles. The highest BCUT2D eigenvalue weighted by Crippen LogP contribution is 2.44. The van der Waals surface area contributed by atoms with Crippen LogP contribution in [0.25, 0.3) is 0 Å². The molecule has 0 spiro atoms. The van der Waals surface area contributed by atoms with Crippen molar-refractivity contribution in [3.05, 3.63) is 41.6 Å². The van der Waals surface area contributed by atoms with Gasteiger partial charge < -0.3 is 34.7 Å². The number of aliphatic hydroxyl groups is 1. The third-order valence-corrected chi connectivity index (χ3v) is 7.21. The maximum absolute atomic E-state index is 13.3. The van der Waals surface area contributed by atoms with Gasteiger partial charge in [0.15, 0.2) is 17.4 Å². The van der Waals surface area contributed by atoms with Crippen LogP contribution < -0.4 is 15.2 Å². The van der Waals surface area contributed by atoms with Gasteiger partial charge in [-0.15, -0.1) is 0 Å². The fourth-order valence-electron chi connectivity index (χ4n) is 5.42. The van der Waals surface area contributed by atoms with Crippen molar-refractivity contribution in [1.29, 1.82) is 0 Å². The Labute approximate surface area is 216 Å². The van der Waals surface area contributed by atoms with E-state index in [2.05, 4.69) is 11.9 Å². The Kier molecular flexibility index (Phi) is 9.01. The highest BCUT2D eigenvalue weighted by molar-refractivity contribution is 5.79. The molecule has 4 N–H and O–H groups in total. The number of aliphatic hydroxyl groups excluding tert-OH is 1. The molecule has 3 atom stereocenters. The molecule has 0 aliphatic carbocycles. The number of aryl methyl sites for hydroxylation is 1. The summed E-state index contributed by atoms with van der Waals surface area (Å²) in [5.74, 6) is -0.706. The second kappa shape index (κ2) is 12.4. The minimum atomic E-state index is -0.939. The second-order valence-electron chi connectivity index (χ2n) is 9.53. The number of carboxylic acids is 1. The Morgan fingerprint density at radius 3 is 2.78 bits per heavy atom. The van der Waals surface area contributed by atoms with Crippen molar-refractivity contribution in [2.75, 3.05) is 39.5 Å². The lowest BCUT2D eigenvalue weighted by Gasteiger charge is -2.29. The van der Waals surface area contributed by atoms with Gasteiger partial charge in [-0.2, -0.15) is 0 Å². The van der Waals surface area contributed by atoms with Crippen LogP contribution in [-0.2, 0) is 22.6 Å². The first kappa shape index (κ1) is 26.9. The molecule has 2 aromatic rings. The topological polar surface area (TPSA) is 152 Å². The van der Waals surface area contributed by atoms with E-state index in [9.17, 15) is 19.8 Å². The van der Waals surface area contributed by atoms with Crippen LogP contribution in [0.1, 0.15) is 49.1 Å². The smallest absolute Gasteiger partial charge is 0.308 e. The highest BCUT2D eigenvalue weighted by Gasteiger charge is 2.47. The summed E-state index contributed by atoms with van der Waals surface area (Å²) in [6.45, 7) is 3.77. The number of rotatable bonds is 13. The predicted molar refractivity (Wildman–Crippen MR) is 133 cm³/mol. The quantitative estimate of drug-likeness (QED) is 0.358. The van der Waals surface area contributed by atoms with Gasteiger partial charge in [-0.25, -0.2) is 4.98 Å². The summed E-state index contributed by atoms with van der Waals surface area (Å²) < 4.78 is 16.4. The molecule has 1 aromatic carbocycles. The molecule has 0 bridgehead atoms. The number of hydrogen-bond acceptors (Lipinski definition) is 9. The van der Waals surface area contributed by atoms with Gasteiger partial charge in [-0.05, 0) is 30.5 Å². The first-order valence-electron chi connectivity index (χ1n) is 12.8. The Morgan fingerprint density at radius 2 is 2.11 bits per heavy atom. The van der Waals surface area contributed by atoms with Crippen LogP contribution in [0.3, 0.4) is 0 Å². The van der Waals surface area contributed by atoms with E-state index in [0.29, 0.717) is 62.0 Å². The lowest BCUT2D eigenvalue weighted by Crippen LogP contribution is -2.45. The van der Waals surface area contributed by atoms with Gasteiger partial charge in [0.1, 0.15) is 6.26 Å². The number of fused-ring (bicyclic) bond motifs is 1. The third kappa shape index (κ3) is 6.06. The van der Waals surface area contributed by atoms with Gasteiger partial charge in [0.2, 0.25) is 12.7 Å². The fourth-order valence-corrected chi connectivity index (χ4v) is 5.42. The van der Waals surface area contributed by atoms with Crippen LogP contribution in [0.5, 0.6) is 11.5 Å². The number of carbonyl (C=O) groups excluding carboxylic acids is 1. The Hall–Kier alpha value is -3.15. The normalized spacial score (nSPS) is 20.9. The zero-order valence-corrected chi connectivity index (χ0v) is 21.2. The standard InChI is InChI=1S/C26H36N4O7/c1-2-3-8-29(9-6-27)23(32)14-30-13-19(17-11-18(15-31)25-21(12-17)36-16-37-25)24(26(33)34)20(30)4-5-22-28-7-10-35-22/h7,10-12,19-20,24,31H,2-6,8-9,13-16,27H2,1H3,(H,33,34)/t19-,20+,24-/m1/s1. The second-order valence-corrected chi connectivity index (χ2v) is 9.53. The molecular formula is C26H36N4O7. The van der Waals surface area contributed by atoms with Gasteiger partial charge in [-0.3, -0.25) is 14.5 Å². The zero-order valence-electron chi connectivity index (χ0n) is 21.2. The summed E-state index contributed by atoms with van der Waals surface area (Å²) in [5, 5.41) is 20.3. The molecule has 0 unspecified atom stereocenters. The van der Waals surface area contributed by atoms with E-state index in [1.54, 1.807) is 23.2 Å². The number of unbranched alkanes of at least 4 members (excludes halogenated alkanes) is 1. The van der Waals surface area contributed by atoms with Gasteiger partial charge in [0, 0.05) is 50.1 Å². The number of aromatic nitrogens is 1. The van der Waals surface area contributed by atoms with E-state index < -0.39 is 23.8 Å². The average Bonchev–Trinajstić information content (AvgIpc) is 3.64. The monoisotopic (exact) mass is 516 g/mol. The van der Waals surface area contributed by atoms with Gasteiger partial charge in [0.25, 0.3) is 0 Å². The number of nitrogens with two attached hydrogens (primary N) is 1. The molecule has 37 heavy (non-hydrogen) atoms. The Morgan fingerprint density at radius 1 is 1.27 bits per heavy atom. The molecule has 0 radical (unpaired) electrons. The minimum Gasteiger partial charge on any atom is -0.481 e. The van der Waals surface area contributed by atoms with Crippen molar-refractivity contribution in [2.45, 2.75) is 51.2 Å². The lowest BCUT2D eigenvalue weighted by atomic mass is 9.83. The summed E-state index contributed by atoms with van der Waals surface area (Å²) in [6.07, 6.45) is 5.79. The van der Waals surface area contributed by atoms with Gasteiger partial charge in [0.05, 0.1) is 25.3 Å². The molecule has 202 valence electrons. The molecule has 2 aliphatic rings. The van der Waals surface area contributed by atoms with Crippen LogP contribution in [0, 0.1) is 5.92 Å². The first-order chi connectivity index (χ1) is 18.0. The molecule has 11 heteroatoms. The molecule has 0 saturated carbocycles. The largest absolute Gasteiger partial charge is 0.481 e. The number of hydrogen-bond donors (Lipinski definition) is 3. The van der Waals surface area contributed by atoms with Crippen molar-refractivity contribution in [3.8, 4) is 11.5 Å². The van der Waals surface area contributed by atoms with E-state index in [-0.39, 0.29) is 25.9 Å². The number of amides is 1. The molecule has 1 fully saturated rings. The van der Waals surface area contributed by atoms with Gasteiger partial charge in [-0.1, -0.05) is 13.3 Å². The summed E-state index contributed by atoms with van der Waals surface area (Å²) in [5.41, 5.74) is 7.05. The van der Waals surface area contributed by atoms with E-state index >= 15 is 0 Å². The molecule has 4 rings (SSSR count). The van der Waals surface area contributed by atoms with Crippen LogP contribution in [0.15, 0.2) is 29.0 Å². The molecule has 2 aliphatic heterocycles. The molecular weight excluding hydrogens is 480 g/mol. The number of aliphatic carboxylic acids is 1. The average molecular weight is 517 g/mol. The van der Waals surface area contributed by atoms with Crippen molar-refractivity contribution in [2.24, 2.45) is 11.7 Å². The van der Waals surface area contributed by atoms with Crippen LogP contribution >= 0.6 is 0 Å². The number of carboxylic acid groups (broad SMARTS) is 1. The highest BCUT2D eigenvalue weighted by atomic mass is 16.7. The number of likely N-dealkylation sites (tertiary alicyclic amines) is 1. The summed E-state index contributed by atoms with van der Waals surface area (Å²) in [6, 6.07) is 3.15. The van der Waals surface area contributed by atoms with E-state index in [1.165, 1.54) is 6.26 Å². The molecule has 1 saturated heterocycles. The van der Waals surface area contributed by atoms with Crippen molar-refractivity contribution < 1.29 is 33.7 Å². The number of nitrogens with zero attached hydrogens (tertiary/aromatic N) is 3. The summed E-state index contributed by atoms with van der Waals surface area (Å²) in [4.78, 5) is 33.9.